The molecule has 0 radical (unpaired) electrons. The van der Waals surface area contributed by atoms with E-state index in [9.17, 15) is 23.1 Å². The second kappa shape index (κ2) is 9.34. The van der Waals surface area contributed by atoms with Crippen LogP contribution in [-0.4, -0.2) is 24.2 Å². The molecule has 1 rings (SSSR count). The molecule has 7 nitrogen and oxygen atoms in total. The van der Waals surface area contributed by atoms with Crippen molar-refractivity contribution in [1.82, 2.24) is 0 Å². The van der Waals surface area contributed by atoms with Crippen molar-refractivity contribution in [3.05, 3.63) is 39.9 Å². The summed E-state index contributed by atoms with van der Waals surface area (Å²) in [5.74, 6) is -0.236. The normalized spacial score (nSPS) is 10.6. The van der Waals surface area contributed by atoms with Crippen LogP contribution in [0.5, 0.6) is 0 Å². The highest BCUT2D eigenvalue weighted by molar-refractivity contribution is 7.86. The number of nitro groups is 1. The molecule has 114 valence electrons. The fourth-order valence-electron chi connectivity index (χ4n) is 1.08. The third-order valence-electron chi connectivity index (χ3n) is 2.17. The van der Waals surface area contributed by atoms with Gasteiger partial charge in [-0.1, -0.05) is 17.7 Å². The van der Waals surface area contributed by atoms with Gasteiger partial charge < -0.3 is 5.11 Å². The smallest absolute Gasteiger partial charge is 0.297 e. The molecule has 0 fully saturated rings. The molecule has 1 aromatic rings. The first kappa shape index (κ1) is 18.4. The van der Waals surface area contributed by atoms with Gasteiger partial charge in [0.25, 0.3) is 15.8 Å². The predicted octanol–water partition coefficient (Wildman–Crippen LogP) is 2.10. The topological polar surface area (TPSA) is 107 Å². The Kier molecular flexibility index (Phi) is 8.61. The maximum atomic E-state index is 11.0. The lowest BCUT2D eigenvalue weighted by atomic mass is 10.2. The molecule has 9 heteroatoms. The summed E-state index contributed by atoms with van der Waals surface area (Å²) in [5, 5.41) is 18.7. The van der Waals surface area contributed by atoms with Gasteiger partial charge in [-0.05, 0) is 28.6 Å². The van der Waals surface area contributed by atoms with E-state index in [-0.39, 0.29) is 18.0 Å². The molecule has 0 saturated heterocycles. The maximum Gasteiger partial charge on any atom is 0.297 e. The monoisotopic (exact) mass is 309 g/mol. The Morgan fingerprint density at radius 3 is 2.25 bits per heavy atom. The SMILES string of the molecule is CCCCS(=O)(=O)OF.O=[N+]([O-])c1ccc(CO)cc1. The predicted molar refractivity (Wildman–Crippen MR) is 69.9 cm³/mol. The van der Waals surface area contributed by atoms with Gasteiger partial charge in [0.2, 0.25) is 0 Å². The highest BCUT2D eigenvalue weighted by atomic mass is 32.2. The number of rotatable bonds is 6. The summed E-state index contributed by atoms with van der Waals surface area (Å²) in [4.78, 5) is 9.67. The van der Waals surface area contributed by atoms with Gasteiger partial charge in [0.15, 0.2) is 0 Å². The maximum absolute atomic E-state index is 11.0. The molecule has 0 aliphatic carbocycles. The van der Waals surface area contributed by atoms with Gasteiger partial charge in [-0.25, -0.2) is 0 Å². The number of benzene rings is 1. The first-order valence-corrected chi connectivity index (χ1v) is 7.31. The molecule has 0 unspecified atom stereocenters. The van der Waals surface area contributed by atoms with Gasteiger partial charge in [0, 0.05) is 12.1 Å². The van der Waals surface area contributed by atoms with Gasteiger partial charge in [-0.3, -0.25) is 10.1 Å². The van der Waals surface area contributed by atoms with Crippen molar-refractivity contribution < 1.29 is 27.4 Å². The minimum absolute atomic E-state index is 0.0437. The van der Waals surface area contributed by atoms with E-state index < -0.39 is 15.0 Å². The van der Waals surface area contributed by atoms with E-state index in [4.69, 9.17) is 5.11 Å². The Bertz CT molecular complexity index is 502. The van der Waals surface area contributed by atoms with Crippen LogP contribution in [0.25, 0.3) is 0 Å². The van der Waals surface area contributed by atoms with E-state index in [1.807, 2.05) is 6.92 Å². The van der Waals surface area contributed by atoms with Crippen LogP contribution in [0, 0.1) is 10.1 Å². The van der Waals surface area contributed by atoms with Crippen molar-refractivity contribution in [3.63, 3.8) is 0 Å². The van der Waals surface area contributed by atoms with Crippen LogP contribution in [0.4, 0.5) is 10.2 Å². The average molecular weight is 309 g/mol. The number of hydrogen-bond acceptors (Lipinski definition) is 6. The van der Waals surface area contributed by atoms with Crippen molar-refractivity contribution in [2.24, 2.45) is 0 Å². The second-order valence-electron chi connectivity index (χ2n) is 3.76. The van der Waals surface area contributed by atoms with Gasteiger partial charge >= 0.3 is 0 Å². The number of aliphatic hydroxyl groups excluding tert-OH is 1. The van der Waals surface area contributed by atoms with E-state index in [1.165, 1.54) is 24.3 Å². The van der Waals surface area contributed by atoms with Crippen LogP contribution < -0.4 is 0 Å². The van der Waals surface area contributed by atoms with Gasteiger partial charge in [0.05, 0.1) is 17.3 Å². The zero-order valence-electron chi connectivity index (χ0n) is 10.9. The highest BCUT2D eigenvalue weighted by Gasteiger charge is 2.08. The lowest BCUT2D eigenvalue weighted by Gasteiger charge is -1.93. The van der Waals surface area contributed by atoms with Gasteiger partial charge in [0.1, 0.15) is 0 Å². The number of aliphatic hydroxyl groups is 1. The van der Waals surface area contributed by atoms with Crippen molar-refractivity contribution in [2.75, 3.05) is 5.75 Å². The lowest BCUT2D eigenvalue weighted by Crippen LogP contribution is -2.04. The van der Waals surface area contributed by atoms with E-state index in [1.54, 1.807) is 0 Å². The Morgan fingerprint density at radius 1 is 1.35 bits per heavy atom. The molecule has 1 N–H and O–H groups in total. The zero-order chi connectivity index (χ0) is 15.6. The molecule has 0 aromatic heterocycles. The summed E-state index contributed by atoms with van der Waals surface area (Å²) in [5.41, 5.74) is 0.720. The summed E-state index contributed by atoms with van der Waals surface area (Å²) >= 11 is 0. The molecule has 0 aliphatic heterocycles. The van der Waals surface area contributed by atoms with Gasteiger partial charge in [-0.2, -0.15) is 8.42 Å². The van der Waals surface area contributed by atoms with Crippen LogP contribution in [0.15, 0.2) is 24.3 Å². The van der Waals surface area contributed by atoms with Crippen LogP contribution in [0.2, 0.25) is 0 Å². The number of non-ortho nitro benzene ring substituents is 1. The minimum Gasteiger partial charge on any atom is -0.392 e. The summed E-state index contributed by atoms with van der Waals surface area (Å²) in [6, 6.07) is 5.79. The first-order chi connectivity index (χ1) is 9.36. The standard InChI is InChI=1S/C7H7NO3.C4H9FO3S/c9-5-6-1-3-7(4-2-6)8(10)11;1-2-3-4-9(6,7)8-5/h1-4,9H,5H2;2-4H2,1H3. The van der Waals surface area contributed by atoms with Crippen LogP contribution in [0.3, 0.4) is 0 Å². The fourth-order valence-corrected chi connectivity index (χ4v) is 1.78. The van der Waals surface area contributed by atoms with E-state index in [2.05, 4.69) is 4.39 Å². The molecule has 0 heterocycles. The molecular weight excluding hydrogens is 293 g/mol. The molecule has 0 bridgehead atoms. The molecule has 0 aliphatic rings. The van der Waals surface area contributed by atoms with Crippen LogP contribution in [0.1, 0.15) is 25.3 Å². The van der Waals surface area contributed by atoms with E-state index >= 15 is 0 Å². The van der Waals surface area contributed by atoms with E-state index in [0.29, 0.717) is 18.4 Å². The molecule has 0 amide bonds. The van der Waals surface area contributed by atoms with Crippen molar-refractivity contribution >= 4 is 15.8 Å². The third-order valence-corrected chi connectivity index (χ3v) is 3.15. The molecule has 20 heavy (non-hydrogen) atoms. The fraction of sp³-hybridized carbons (Fsp3) is 0.455. The van der Waals surface area contributed by atoms with Crippen molar-refractivity contribution in [1.29, 1.82) is 0 Å². The quantitative estimate of drug-likeness (QED) is 0.637. The number of nitro benzene ring substituents is 1. The van der Waals surface area contributed by atoms with Gasteiger partial charge in [-0.15, -0.1) is 0 Å². The lowest BCUT2D eigenvalue weighted by molar-refractivity contribution is -0.384. The largest absolute Gasteiger partial charge is 0.392 e. The molecule has 0 atom stereocenters. The Labute approximate surface area is 116 Å². The average Bonchev–Trinajstić information content (AvgIpc) is 2.46. The second-order valence-corrected chi connectivity index (χ2v) is 5.41. The first-order valence-electron chi connectivity index (χ1n) is 5.73. The minimum atomic E-state index is -3.85. The number of nitrogens with zero attached hydrogens (tertiary/aromatic N) is 1. The highest BCUT2D eigenvalue weighted by Crippen LogP contribution is 2.11. The Morgan fingerprint density at radius 2 is 1.90 bits per heavy atom. The Hall–Kier alpha value is -1.58. The zero-order valence-corrected chi connectivity index (χ0v) is 11.7. The molecule has 0 saturated carbocycles. The van der Waals surface area contributed by atoms with Crippen molar-refractivity contribution in [3.8, 4) is 0 Å². The van der Waals surface area contributed by atoms with Crippen LogP contribution in [-0.2, 0) is 21.1 Å². The third kappa shape index (κ3) is 7.77. The summed E-state index contributed by atoms with van der Waals surface area (Å²) in [6.45, 7) is 1.73. The van der Waals surface area contributed by atoms with Crippen LogP contribution >= 0.6 is 0 Å². The summed E-state index contributed by atoms with van der Waals surface area (Å²) in [7, 11) is -3.85. The summed E-state index contributed by atoms with van der Waals surface area (Å²) < 4.78 is 34.0. The Balaban J connectivity index is 0.000000370. The molecule has 0 spiro atoms. The summed E-state index contributed by atoms with van der Waals surface area (Å²) in [6.07, 6.45) is 1.15. The number of unbranched alkanes of at least 4 members (excludes halogenated alkanes) is 1. The van der Waals surface area contributed by atoms with Crippen molar-refractivity contribution in [2.45, 2.75) is 26.4 Å². The molecule has 1 aromatic carbocycles. The van der Waals surface area contributed by atoms with E-state index in [0.717, 1.165) is 0 Å². The molecular formula is C11H16FNO6S. The number of halogens is 1. The number of hydrogen-bond donors (Lipinski definition) is 1.